The van der Waals surface area contributed by atoms with E-state index in [2.05, 4.69) is 38.8 Å². The van der Waals surface area contributed by atoms with Crippen LogP contribution in [0, 0.1) is 6.92 Å². The maximum Gasteiger partial charge on any atom is 0.248 e. The zero-order valence-corrected chi connectivity index (χ0v) is 16.6. The molecular formula is C22H19N5OS. The van der Waals surface area contributed by atoms with Gasteiger partial charge in [-0.15, -0.1) is 10.2 Å². The minimum atomic E-state index is -0.426. The van der Waals surface area contributed by atoms with E-state index in [0.717, 1.165) is 33.4 Å². The summed E-state index contributed by atoms with van der Waals surface area (Å²) in [5.41, 5.74) is 9.95. The number of rotatable bonds is 6. The van der Waals surface area contributed by atoms with Crippen LogP contribution in [0.4, 0.5) is 0 Å². The van der Waals surface area contributed by atoms with E-state index in [1.807, 2.05) is 36.4 Å². The monoisotopic (exact) mass is 401 g/mol. The van der Waals surface area contributed by atoms with Crippen molar-refractivity contribution in [2.75, 3.05) is 0 Å². The van der Waals surface area contributed by atoms with Crippen molar-refractivity contribution in [2.45, 2.75) is 17.8 Å². The Morgan fingerprint density at radius 2 is 1.83 bits per heavy atom. The average molecular weight is 401 g/mol. The van der Waals surface area contributed by atoms with E-state index in [9.17, 15) is 4.79 Å². The van der Waals surface area contributed by atoms with Crippen LogP contribution in [-0.2, 0) is 5.75 Å². The summed E-state index contributed by atoms with van der Waals surface area (Å²) in [6, 6.07) is 19.3. The van der Waals surface area contributed by atoms with Crippen LogP contribution in [0.5, 0.6) is 0 Å². The number of carbonyl (C=O) groups excluding carboxylic acids is 1. The van der Waals surface area contributed by atoms with E-state index in [0.29, 0.717) is 11.3 Å². The van der Waals surface area contributed by atoms with Gasteiger partial charge in [0, 0.05) is 29.3 Å². The second kappa shape index (κ2) is 8.28. The molecule has 0 atom stereocenters. The van der Waals surface area contributed by atoms with E-state index in [4.69, 9.17) is 5.73 Å². The van der Waals surface area contributed by atoms with Crippen molar-refractivity contribution in [1.29, 1.82) is 0 Å². The van der Waals surface area contributed by atoms with Crippen molar-refractivity contribution in [2.24, 2.45) is 5.73 Å². The van der Waals surface area contributed by atoms with Crippen LogP contribution >= 0.6 is 11.8 Å². The highest BCUT2D eigenvalue weighted by atomic mass is 32.2. The van der Waals surface area contributed by atoms with Crippen LogP contribution < -0.4 is 5.73 Å². The largest absolute Gasteiger partial charge is 0.366 e. The summed E-state index contributed by atoms with van der Waals surface area (Å²) in [6.07, 6.45) is 3.53. The molecule has 0 saturated heterocycles. The summed E-state index contributed by atoms with van der Waals surface area (Å²) < 4.78 is 2.06. The van der Waals surface area contributed by atoms with Gasteiger partial charge in [-0.1, -0.05) is 42.1 Å². The molecule has 0 unspecified atom stereocenters. The molecule has 2 aromatic heterocycles. The number of nitrogens with zero attached hydrogens (tertiary/aromatic N) is 4. The van der Waals surface area contributed by atoms with E-state index in [1.165, 1.54) is 0 Å². The lowest BCUT2D eigenvalue weighted by atomic mass is 10.1. The predicted molar refractivity (Wildman–Crippen MR) is 114 cm³/mol. The molecule has 0 aliphatic rings. The van der Waals surface area contributed by atoms with Gasteiger partial charge in [-0.25, -0.2) is 0 Å². The number of primary amides is 1. The van der Waals surface area contributed by atoms with Gasteiger partial charge >= 0.3 is 0 Å². The van der Waals surface area contributed by atoms with E-state index >= 15 is 0 Å². The number of hydrogen-bond donors (Lipinski definition) is 1. The molecule has 0 bridgehead atoms. The first-order valence-corrected chi connectivity index (χ1v) is 10.1. The highest BCUT2D eigenvalue weighted by Gasteiger charge is 2.17. The number of hydrogen-bond acceptors (Lipinski definition) is 5. The smallest absolute Gasteiger partial charge is 0.248 e. The second-order valence-electron chi connectivity index (χ2n) is 6.52. The van der Waals surface area contributed by atoms with Crippen LogP contribution in [0.15, 0.2) is 78.2 Å². The van der Waals surface area contributed by atoms with E-state index < -0.39 is 5.91 Å². The molecule has 29 heavy (non-hydrogen) atoms. The van der Waals surface area contributed by atoms with Crippen molar-refractivity contribution < 1.29 is 4.79 Å². The molecule has 0 fully saturated rings. The molecule has 2 heterocycles. The molecule has 0 aliphatic heterocycles. The van der Waals surface area contributed by atoms with Crippen LogP contribution in [0.1, 0.15) is 21.5 Å². The van der Waals surface area contributed by atoms with Gasteiger partial charge in [-0.05, 0) is 48.4 Å². The highest BCUT2D eigenvalue weighted by molar-refractivity contribution is 7.98. The molecule has 0 radical (unpaired) electrons. The van der Waals surface area contributed by atoms with Gasteiger partial charge in [-0.2, -0.15) is 0 Å². The summed E-state index contributed by atoms with van der Waals surface area (Å²) in [7, 11) is 0. The van der Waals surface area contributed by atoms with Gasteiger partial charge in [0.1, 0.15) is 0 Å². The minimum absolute atomic E-state index is 0.426. The lowest BCUT2D eigenvalue weighted by molar-refractivity contribution is 0.100. The topological polar surface area (TPSA) is 86.7 Å². The van der Waals surface area contributed by atoms with Crippen molar-refractivity contribution >= 4 is 17.7 Å². The SMILES string of the molecule is Cc1ccccc1-n1c(SCc2ccc(C(N)=O)cc2)nnc1-c1cccnc1. The fraction of sp³-hybridized carbons (Fsp3) is 0.0909. The standard InChI is InChI=1S/C22H19N5OS/c1-15-5-2-3-7-19(15)27-21(18-6-4-12-24-13-18)25-26-22(27)29-14-16-8-10-17(11-9-16)20(23)28/h2-13H,14H2,1H3,(H2,23,28). The van der Waals surface area contributed by atoms with Crippen LogP contribution in [0.3, 0.4) is 0 Å². The van der Waals surface area contributed by atoms with Gasteiger partial charge in [-0.3, -0.25) is 14.3 Å². The Morgan fingerprint density at radius 3 is 2.52 bits per heavy atom. The fourth-order valence-corrected chi connectivity index (χ4v) is 3.89. The summed E-state index contributed by atoms with van der Waals surface area (Å²) >= 11 is 1.59. The Morgan fingerprint density at radius 1 is 1.03 bits per heavy atom. The Labute approximate surface area is 172 Å². The lowest BCUT2D eigenvalue weighted by Crippen LogP contribution is -2.10. The number of carbonyl (C=O) groups is 1. The van der Waals surface area contributed by atoms with Crippen molar-refractivity contribution in [3.8, 4) is 17.1 Å². The number of thioether (sulfide) groups is 1. The van der Waals surface area contributed by atoms with Crippen molar-refractivity contribution in [3.63, 3.8) is 0 Å². The molecule has 0 aliphatic carbocycles. The third kappa shape index (κ3) is 4.05. The summed E-state index contributed by atoms with van der Waals surface area (Å²) in [4.78, 5) is 15.5. The second-order valence-corrected chi connectivity index (χ2v) is 7.46. The molecule has 7 heteroatoms. The summed E-state index contributed by atoms with van der Waals surface area (Å²) in [5.74, 6) is 1.01. The number of nitrogens with two attached hydrogens (primary N) is 1. The normalized spacial score (nSPS) is 10.8. The molecule has 144 valence electrons. The fourth-order valence-electron chi connectivity index (χ4n) is 2.99. The number of aryl methyl sites for hydroxylation is 1. The third-order valence-corrected chi connectivity index (χ3v) is 5.52. The zero-order valence-electron chi connectivity index (χ0n) is 15.8. The summed E-state index contributed by atoms with van der Waals surface area (Å²) in [5, 5.41) is 9.68. The molecule has 1 amide bonds. The van der Waals surface area contributed by atoms with Gasteiger partial charge < -0.3 is 5.73 Å². The van der Waals surface area contributed by atoms with Crippen LogP contribution in [0.2, 0.25) is 0 Å². The maximum absolute atomic E-state index is 11.3. The number of benzene rings is 2. The Kier molecular flexibility index (Phi) is 5.39. The van der Waals surface area contributed by atoms with Crippen LogP contribution in [-0.4, -0.2) is 25.7 Å². The number of para-hydroxylation sites is 1. The first-order valence-electron chi connectivity index (χ1n) is 9.07. The Hall–Kier alpha value is -3.45. The number of aromatic nitrogens is 4. The highest BCUT2D eigenvalue weighted by Crippen LogP contribution is 2.30. The molecule has 0 saturated carbocycles. The van der Waals surface area contributed by atoms with Gasteiger partial charge in [0.15, 0.2) is 11.0 Å². The third-order valence-electron chi connectivity index (χ3n) is 4.52. The maximum atomic E-state index is 11.3. The van der Waals surface area contributed by atoms with Crippen molar-refractivity contribution in [3.05, 3.63) is 89.7 Å². The molecule has 2 N–H and O–H groups in total. The van der Waals surface area contributed by atoms with Gasteiger partial charge in [0.2, 0.25) is 5.91 Å². The Bertz CT molecular complexity index is 1140. The van der Waals surface area contributed by atoms with Crippen molar-refractivity contribution in [1.82, 2.24) is 19.7 Å². The Balaban J connectivity index is 1.69. The lowest BCUT2D eigenvalue weighted by Gasteiger charge is -2.12. The molecule has 0 spiro atoms. The zero-order chi connectivity index (χ0) is 20.2. The predicted octanol–water partition coefficient (Wildman–Crippen LogP) is 4.03. The minimum Gasteiger partial charge on any atom is -0.366 e. The number of pyridine rings is 1. The van der Waals surface area contributed by atoms with E-state index in [-0.39, 0.29) is 0 Å². The molecule has 4 rings (SSSR count). The van der Waals surface area contributed by atoms with Gasteiger partial charge in [0.05, 0.1) is 5.69 Å². The molecule has 4 aromatic rings. The van der Waals surface area contributed by atoms with Crippen LogP contribution in [0.25, 0.3) is 17.1 Å². The first-order chi connectivity index (χ1) is 14.1. The van der Waals surface area contributed by atoms with Gasteiger partial charge in [0.25, 0.3) is 0 Å². The molecular weight excluding hydrogens is 382 g/mol. The molecule has 6 nitrogen and oxygen atoms in total. The average Bonchev–Trinajstić information content (AvgIpc) is 3.17. The summed E-state index contributed by atoms with van der Waals surface area (Å²) in [6.45, 7) is 2.07. The van der Waals surface area contributed by atoms with E-state index in [1.54, 1.807) is 36.3 Å². The quantitative estimate of drug-likeness (QED) is 0.493. The molecule has 2 aromatic carbocycles. The number of amides is 1. The first kappa shape index (κ1) is 18.9.